The Hall–Kier alpha value is -2.24. The minimum absolute atomic E-state index is 0.00960. The molecule has 0 spiro atoms. The molecule has 2 aliphatic rings. The Balaban J connectivity index is 1.89. The summed E-state index contributed by atoms with van der Waals surface area (Å²) < 4.78 is 11.3. The largest absolute Gasteiger partial charge is 0.444 e. The Labute approximate surface area is 167 Å². The van der Waals surface area contributed by atoms with Crippen LogP contribution in [0.2, 0.25) is 0 Å². The predicted octanol–water partition coefficient (Wildman–Crippen LogP) is 4.84. The SMILES string of the molecule is Cc1cccc2c1N(C(=O)OC(C)(C)C)[C@@H]1CCN(C(=O)OC(C)(C)C)C[C@H]21. The monoisotopic (exact) mass is 388 g/mol. The molecule has 0 aliphatic carbocycles. The lowest BCUT2D eigenvalue weighted by molar-refractivity contribution is 0.0185. The van der Waals surface area contributed by atoms with Crippen molar-refractivity contribution in [3.05, 3.63) is 29.3 Å². The first kappa shape index (κ1) is 20.5. The van der Waals surface area contributed by atoms with Gasteiger partial charge in [0.25, 0.3) is 0 Å². The molecule has 3 rings (SSSR count). The van der Waals surface area contributed by atoms with E-state index in [9.17, 15) is 9.59 Å². The van der Waals surface area contributed by atoms with E-state index < -0.39 is 11.2 Å². The summed E-state index contributed by atoms with van der Waals surface area (Å²) in [6.45, 7) is 14.4. The van der Waals surface area contributed by atoms with E-state index in [0.29, 0.717) is 19.5 Å². The number of likely N-dealkylation sites (tertiary alicyclic amines) is 1. The minimum Gasteiger partial charge on any atom is -0.444 e. The van der Waals surface area contributed by atoms with Crippen LogP contribution in [0.25, 0.3) is 0 Å². The van der Waals surface area contributed by atoms with Crippen LogP contribution in [0, 0.1) is 6.92 Å². The summed E-state index contributed by atoms with van der Waals surface area (Å²) in [5.74, 6) is 0.0590. The molecule has 1 fully saturated rings. The summed E-state index contributed by atoms with van der Waals surface area (Å²) >= 11 is 0. The number of carbonyl (C=O) groups is 2. The maximum atomic E-state index is 13.0. The molecule has 2 amide bonds. The van der Waals surface area contributed by atoms with Gasteiger partial charge in [-0.1, -0.05) is 18.2 Å². The molecule has 28 heavy (non-hydrogen) atoms. The zero-order valence-electron chi connectivity index (χ0n) is 18.0. The van der Waals surface area contributed by atoms with E-state index in [4.69, 9.17) is 9.47 Å². The Morgan fingerprint density at radius 1 is 1.00 bits per heavy atom. The molecule has 1 aromatic rings. The molecule has 6 heteroatoms. The molecule has 0 unspecified atom stereocenters. The molecule has 2 atom stereocenters. The van der Waals surface area contributed by atoms with Gasteiger partial charge >= 0.3 is 12.2 Å². The highest BCUT2D eigenvalue weighted by Gasteiger charge is 2.47. The first-order valence-electron chi connectivity index (χ1n) is 9.97. The molecule has 0 N–H and O–H groups in total. The third kappa shape index (κ3) is 4.10. The second-order valence-electron chi connectivity index (χ2n) is 9.75. The number of aryl methyl sites for hydroxylation is 1. The fraction of sp³-hybridized carbons (Fsp3) is 0.636. The van der Waals surface area contributed by atoms with E-state index >= 15 is 0 Å². The van der Waals surface area contributed by atoms with Crippen LogP contribution in [0.15, 0.2) is 18.2 Å². The van der Waals surface area contributed by atoms with E-state index in [2.05, 4.69) is 6.07 Å². The van der Waals surface area contributed by atoms with Crippen molar-refractivity contribution in [3.8, 4) is 0 Å². The Morgan fingerprint density at radius 3 is 2.21 bits per heavy atom. The fourth-order valence-electron chi connectivity index (χ4n) is 4.06. The number of hydrogen-bond donors (Lipinski definition) is 0. The zero-order valence-corrected chi connectivity index (χ0v) is 18.0. The molecular formula is C22H32N2O4. The number of para-hydroxylation sites is 1. The van der Waals surface area contributed by atoms with Crippen LogP contribution >= 0.6 is 0 Å². The lowest BCUT2D eigenvalue weighted by Gasteiger charge is -2.38. The van der Waals surface area contributed by atoms with Crippen LogP contribution in [0.5, 0.6) is 0 Å². The summed E-state index contributed by atoms with van der Waals surface area (Å²) in [5.41, 5.74) is 1.99. The molecule has 154 valence electrons. The number of anilines is 1. The van der Waals surface area contributed by atoms with Gasteiger partial charge in [-0.25, -0.2) is 9.59 Å². The number of fused-ring (bicyclic) bond motifs is 3. The van der Waals surface area contributed by atoms with Crippen LogP contribution in [-0.2, 0) is 9.47 Å². The molecule has 0 saturated carbocycles. The van der Waals surface area contributed by atoms with Gasteiger partial charge in [0.2, 0.25) is 0 Å². The highest BCUT2D eigenvalue weighted by Crippen LogP contribution is 2.47. The van der Waals surface area contributed by atoms with Crippen molar-refractivity contribution in [2.24, 2.45) is 0 Å². The van der Waals surface area contributed by atoms with Crippen LogP contribution in [-0.4, -0.2) is 47.4 Å². The maximum Gasteiger partial charge on any atom is 0.415 e. The molecule has 1 saturated heterocycles. The fourth-order valence-corrected chi connectivity index (χ4v) is 4.06. The third-order valence-electron chi connectivity index (χ3n) is 5.06. The minimum atomic E-state index is -0.560. The van der Waals surface area contributed by atoms with Crippen LogP contribution in [0.4, 0.5) is 15.3 Å². The normalized spacial score (nSPS) is 21.8. The van der Waals surface area contributed by atoms with Crippen molar-refractivity contribution in [2.45, 2.75) is 78.0 Å². The molecule has 0 aromatic heterocycles. The highest BCUT2D eigenvalue weighted by molar-refractivity contribution is 5.93. The third-order valence-corrected chi connectivity index (χ3v) is 5.06. The van der Waals surface area contributed by atoms with Gasteiger partial charge in [-0.15, -0.1) is 0 Å². The number of rotatable bonds is 0. The number of amides is 2. The van der Waals surface area contributed by atoms with Gasteiger partial charge in [-0.3, -0.25) is 4.90 Å². The zero-order chi connectivity index (χ0) is 20.9. The predicted molar refractivity (Wildman–Crippen MR) is 109 cm³/mol. The highest BCUT2D eigenvalue weighted by atomic mass is 16.6. The first-order chi connectivity index (χ1) is 12.9. The smallest absolute Gasteiger partial charge is 0.415 e. The molecule has 6 nitrogen and oxygen atoms in total. The topological polar surface area (TPSA) is 59.1 Å². The summed E-state index contributed by atoms with van der Waals surface area (Å²) in [7, 11) is 0. The summed E-state index contributed by atoms with van der Waals surface area (Å²) in [6.07, 6.45) is 0.0780. The van der Waals surface area contributed by atoms with E-state index in [-0.39, 0.29) is 24.1 Å². The number of benzene rings is 1. The average molecular weight is 389 g/mol. The van der Waals surface area contributed by atoms with Crippen molar-refractivity contribution < 1.29 is 19.1 Å². The van der Waals surface area contributed by atoms with Crippen molar-refractivity contribution in [1.82, 2.24) is 4.90 Å². The number of piperidine rings is 1. The van der Waals surface area contributed by atoms with E-state index in [1.807, 2.05) is 65.5 Å². The first-order valence-corrected chi connectivity index (χ1v) is 9.97. The molecule has 2 heterocycles. The van der Waals surface area contributed by atoms with Crippen molar-refractivity contribution in [3.63, 3.8) is 0 Å². The molecule has 2 aliphatic heterocycles. The molecule has 0 radical (unpaired) electrons. The number of carbonyl (C=O) groups excluding carboxylic acids is 2. The van der Waals surface area contributed by atoms with Gasteiger partial charge in [0.1, 0.15) is 11.2 Å². The molecule has 1 aromatic carbocycles. The maximum absolute atomic E-state index is 13.0. The number of ether oxygens (including phenoxy) is 2. The van der Waals surface area contributed by atoms with Crippen molar-refractivity contribution in [1.29, 1.82) is 0 Å². The van der Waals surface area contributed by atoms with Gasteiger partial charge in [-0.2, -0.15) is 0 Å². The van der Waals surface area contributed by atoms with Crippen LogP contribution < -0.4 is 4.90 Å². The van der Waals surface area contributed by atoms with Gasteiger partial charge < -0.3 is 14.4 Å². The standard InChI is InChI=1S/C22H32N2O4/c1-14-9-8-10-15-16-13-23(19(25)27-21(2,3)4)12-11-17(16)24(18(14)15)20(26)28-22(5,6)7/h8-10,16-17H,11-13H2,1-7H3/t16-,17-/m1/s1. The Bertz CT molecular complexity index is 776. The Kier molecular flexibility index (Phi) is 5.11. The van der Waals surface area contributed by atoms with E-state index in [0.717, 1.165) is 16.8 Å². The van der Waals surface area contributed by atoms with Crippen molar-refractivity contribution >= 4 is 17.9 Å². The summed E-state index contributed by atoms with van der Waals surface area (Å²) in [4.78, 5) is 29.2. The second-order valence-corrected chi connectivity index (χ2v) is 9.75. The van der Waals surface area contributed by atoms with Gasteiger partial charge in [0.05, 0.1) is 11.7 Å². The van der Waals surface area contributed by atoms with Gasteiger partial charge in [0, 0.05) is 19.0 Å². The second kappa shape index (κ2) is 6.98. The van der Waals surface area contributed by atoms with E-state index in [1.54, 1.807) is 4.90 Å². The Morgan fingerprint density at radius 2 is 1.61 bits per heavy atom. The van der Waals surface area contributed by atoms with Gasteiger partial charge in [-0.05, 0) is 66.0 Å². The van der Waals surface area contributed by atoms with Gasteiger partial charge in [0.15, 0.2) is 0 Å². The van der Waals surface area contributed by atoms with Crippen LogP contribution in [0.1, 0.15) is 65.0 Å². The molecule has 0 bridgehead atoms. The lowest BCUT2D eigenvalue weighted by Crippen LogP contribution is -2.51. The van der Waals surface area contributed by atoms with Crippen LogP contribution in [0.3, 0.4) is 0 Å². The van der Waals surface area contributed by atoms with E-state index in [1.165, 1.54) is 0 Å². The summed E-state index contributed by atoms with van der Waals surface area (Å²) in [5, 5.41) is 0. The molecular weight excluding hydrogens is 356 g/mol. The number of nitrogens with zero attached hydrogens (tertiary/aromatic N) is 2. The quantitative estimate of drug-likeness (QED) is 0.638. The van der Waals surface area contributed by atoms with Crippen molar-refractivity contribution in [2.75, 3.05) is 18.0 Å². The lowest BCUT2D eigenvalue weighted by atomic mass is 9.89. The summed E-state index contributed by atoms with van der Waals surface area (Å²) in [6, 6.07) is 6.07. The average Bonchev–Trinajstić information content (AvgIpc) is 2.87. The number of hydrogen-bond acceptors (Lipinski definition) is 4.